The maximum absolute atomic E-state index is 13.2. The molecule has 1 fully saturated rings. The van der Waals surface area contributed by atoms with Crippen molar-refractivity contribution in [2.24, 2.45) is 0 Å². The third kappa shape index (κ3) is 3.68. The number of anilines is 1. The van der Waals surface area contributed by atoms with E-state index in [0.29, 0.717) is 15.7 Å². The summed E-state index contributed by atoms with van der Waals surface area (Å²) in [4.78, 5) is 28.5. The molecule has 0 bridgehead atoms. The maximum Gasteiger partial charge on any atom is 0.300 e. The molecule has 1 N–H and O–H groups in total. The summed E-state index contributed by atoms with van der Waals surface area (Å²) in [6, 6.07) is 11.3. The van der Waals surface area contributed by atoms with Crippen LogP contribution in [-0.4, -0.2) is 23.9 Å². The van der Waals surface area contributed by atoms with Gasteiger partial charge in [0.1, 0.15) is 17.6 Å². The molecule has 1 saturated heterocycles. The molecule has 32 heavy (non-hydrogen) atoms. The number of aliphatic hydroxyl groups is 1. The molecule has 4 rings (SSSR count). The summed E-state index contributed by atoms with van der Waals surface area (Å²) in [6.07, 6.45) is 0. The Bertz CT molecular complexity index is 1270. The first kappa shape index (κ1) is 22.4. The van der Waals surface area contributed by atoms with Crippen molar-refractivity contribution in [1.82, 2.24) is 0 Å². The average molecular weight is 488 g/mol. The second kappa shape index (κ2) is 8.62. The fourth-order valence-corrected chi connectivity index (χ4v) is 5.15. The number of aryl methyl sites for hydroxylation is 2. The van der Waals surface area contributed by atoms with Gasteiger partial charge in [0.05, 0.1) is 23.3 Å². The number of ether oxygens (including phenoxy) is 1. The molecule has 8 heteroatoms. The molecule has 1 aromatic heterocycles. The predicted molar refractivity (Wildman–Crippen MR) is 128 cm³/mol. The quantitative estimate of drug-likeness (QED) is 0.266. The lowest BCUT2D eigenvalue weighted by molar-refractivity contribution is -0.132. The smallest absolute Gasteiger partial charge is 0.300 e. The normalized spacial score (nSPS) is 17.8. The van der Waals surface area contributed by atoms with Gasteiger partial charge in [0.25, 0.3) is 11.7 Å². The summed E-state index contributed by atoms with van der Waals surface area (Å²) in [5.74, 6) is -1.66. The number of carbonyl (C=O) groups is 2. The van der Waals surface area contributed by atoms with Gasteiger partial charge in [-0.1, -0.05) is 35.3 Å². The molecule has 0 spiro atoms. The molecule has 0 radical (unpaired) electrons. The molecular formula is C24H19Cl2NO4S. The highest BCUT2D eigenvalue weighted by Gasteiger charge is 2.47. The number of hydrogen-bond acceptors (Lipinski definition) is 5. The number of thiophene rings is 1. The number of methoxy groups -OCH3 is 1. The molecular weight excluding hydrogens is 469 g/mol. The van der Waals surface area contributed by atoms with E-state index in [2.05, 4.69) is 0 Å². The Morgan fingerprint density at radius 2 is 1.84 bits per heavy atom. The number of Topliss-reactive ketones (excluding diaryl/α,β-unsaturated/α-hetero) is 1. The van der Waals surface area contributed by atoms with E-state index < -0.39 is 17.7 Å². The van der Waals surface area contributed by atoms with Crippen LogP contribution in [0.15, 0.2) is 53.4 Å². The lowest BCUT2D eigenvalue weighted by Crippen LogP contribution is -2.29. The molecule has 1 aliphatic rings. The molecule has 1 atom stereocenters. The van der Waals surface area contributed by atoms with E-state index in [9.17, 15) is 14.7 Å². The number of aliphatic hydroxyl groups excluding tert-OH is 1. The van der Waals surface area contributed by atoms with E-state index in [-0.39, 0.29) is 22.6 Å². The van der Waals surface area contributed by atoms with Crippen molar-refractivity contribution < 1.29 is 19.4 Å². The zero-order valence-corrected chi connectivity index (χ0v) is 19.8. The lowest BCUT2D eigenvalue weighted by atomic mass is 9.98. The number of benzene rings is 2. The van der Waals surface area contributed by atoms with Crippen LogP contribution in [0.1, 0.15) is 27.6 Å². The summed E-state index contributed by atoms with van der Waals surface area (Å²) < 4.78 is 5.39. The Hall–Kier alpha value is -2.80. The van der Waals surface area contributed by atoms with Gasteiger partial charge < -0.3 is 9.84 Å². The fraction of sp³-hybridized carbons (Fsp3) is 0.167. The predicted octanol–water partition coefficient (Wildman–Crippen LogP) is 6.31. The Morgan fingerprint density at radius 3 is 2.47 bits per heavy atom. The Morgan fingerprint density at radius 1 is 1.09 bits per heavy atom. The van der Waals surface area contributed by atoms with E-state index in [1.54, 1.807) is 30.3 Å². The van der Waals surface area contributed by atoms with Crippen molar-refractivity contribution in [1.29, 1.82) is 0 Å². The number of rotatable bonds is 4. The lowest BCUT2D eigenvalue weighted by Gasteiger charge is -2.24. The summed E-state index contributed by atoms with van der Waals surface area (Å²) >= 11 is 14.0. The van der Waals surface area contributed by atoms with Crippen LogP contribution in [0.3, 0.4) is 0 Å². The van der Waals surface area contributed by atoms with Gasteiger partial charge in [-0.05, 0) is 60.7 Å². The topological polar surface area (TPSA) is 66.8 Å². The molecule has 0 aliphatic carbocycles. The highest BCUT2D eigenvalue weighted by atomic mass is 35.5. The van der Waals surface area contributed by atoms with Gasteiger partial charge in [0, 0.05) is 15.6 Å². The number of hydrogen-bond donors (Lipinski definition) is 1. The molecule has 1 amide bonds. The molecule has 5 nitrogen and oxygen atoms in total. The first-order valence-corrected chi connectivity index (χ1v) is 11.3. The third-order valence-corrected chi connectivity index (χ3v) is 6.95. The first-order valence-electron chi connectivity index (χ1n) is 9.69. The fourth-order valence-electron chi connectivity index (χ4n) is 3.80. The molecule has 0 saturated carbocycles. The summed E-state index contributed by atoms with van der Waals surface area (Å²) in [5, 5.41) is 13.9. The second-order valence-electron chi connectivity index (χ2n) is 7.45. The standard InChI is InChI=1S/C24H19Cl2NO4S/c1-12-9-15(23(31-3)17(26)10-12)21(28)19-20(18-5-4-8-32-18)27(24(30)22(19)29)14-7-6-13(2)16(25)11-14/h4-11,20,28H,1-3H3/b21-19-. The second-order valence-corrected chi connectivity index (χ2v) is 9.24. The number of nitrogens with zero attached hydrogens (tertiary/aromatic N) is 1. The van der Waals surface area contributed by atoms with Crippen molar-refractivity contribution in [3.05, 3.63) is 85.0 Å². The number of amides is 1. The highest BCUT2D eigenvalue weighted by Crippen LogP contribution is 2.46. The zero-order valence-electron chi connectivity index (χ0n) is 17.5. The summed E-state index contributed by atoms with van der Waals surface area (Å²) in [5.41, 5.74) is 2.30. The van der Waals surface area contributed by atoms with Gasteiger partial charge in [0.2, 0.25) is 0 Å². The molecule has 1 unspecified atom stereocenters. The minimum Gasteiger partial charge on any atom is -0.507 e. The van der Waals surface area contributed by atoms with Crippen LogP contribution in [-0.2, 0) is 9.59 Å². The van der Waals surface area contributed by atoms with Crippen LogP contribution in [0.4, 0.5) is 5.69 Å². The van der Waals surface area contributed by atoms with Crippen molar-refractivity contribution in [3.8, 4) is 5.75 Å². The van der Waals surface area contributed by atoms with E-state index in [4.69, 9.17) is 27.9 Å². The van der Waals surface area contributed by atoms with Gasteiger partial charge in [-0.3, -0.25) is 14.5 Å². The van der Waals surface area contributed by atoms with Crippen molar-refractivity contribution in [3.63, 3.8) is 0 Å². The maximum atomic E-state index is 13.2. The van der Waals surface area contributed by atoms with Gasteiger partial charge in [-0.2, -0.15) is 0 Å². The van der Waals surface area contributed by atoms with E-state index in [1.807, 2.05) is 31.4 Å². The largest absolute Gasteiger partial charge is 0.507 e. The van der Waals surface area contributed by atoms with E-state index in [0.717, 1.165) is 16.0 Å². The van der Waals surface area contributed by atoms with Crippen LogP contribution >= 0.6 is 34.5 Å². The molecule has 164 valence electrons. The number of halogens is 2. The molecule has 1 aliphatic heterocycles. The first-order chi connectivity index (χ1) is 15.2. The Kier molecular flexibility index (Phi) is 6.03. The van der Waals surface area contributed by atoms with Gasteiger partial charge in [-0.25, -0.2) is 0 Å². The number of ketones is 1. The van der Waals surface area contributed by atoms with E-state index in [1.165, 1.54) is 23.3 Å². The van der Waals surface area contributed by atoms with Crippen LogP contribution in [0.2, 0.25) is 10.0 Å². The minimum atomic E-state index is -0.822. The van der Waals surface area contributed by atoms with Gasteiger partial charge in [0.15, 0.2) is 0 Å². The number of carbonyl (C=O) groups excluding carboxylic acids is 2. The van der Waals surface area contributed by atoms with Crippen molar-refractivity contribution in [2.75, 3.05) is 12.0 Å². The van der Waals surface area contributed by atoms with Crippen LogP contribution in [0.25, 0.3) is 5.76 Å². The van der Waals surface area contributed by atoms with Gasteiger partial charge in [-0.15, -0.1) is 11.3 Å². The Balaban J connectivity index is 1.99. The minimum absolute atomic E-state index is 0.0332. The molecule has 2 aromatic carbocycles. The summed E-state index contributed by atoms with van der Waals surface area (Å²) in [7, 11) is 1.43. The average Bonchev–Trinajstić information content (AvgIpc) is 3.36. The molecule has 3 aromatic rings. The monoisotopic (exact) mass is 487 g/mol. The van der Waals surface area contributed by atoms with Crippen LogP contribution in [0, 0.1) is 13.8 Å². The van der Waals surface area contributed by atoms with E-state index >= 15 is 0 Å². The van der Waals surface area contributed by atoms with Gasteiger partial charge >= 0.3 is 0 Å². The third-order valence-electron chi connectivity index (χ3n) is 5.34. The SMILES string of the molecule is COc1c(Cl)cc(C)cc1/C(O)=C1/C(=O)C(=O)N(c2ccc(C)c(Cl)c2)C1c1cccs1. The van der Waals surface area contributed by atoms with Crippen LogP contribution in [0.5, 0.6) is 5.75 Å². The van der Waals surface area contributed by atoms with Crippen molar-refractivity contribution >= 4 is 57.7 Å². The highest BCUT2D eigenvalue weighted by molar-refractivity contribution is 7.10. The van der Waals surface area contributed by atoms with Crippen LogP contribution < -0.4 is 9.64 Å². The Labute approximate surface area is 199 Å². The molecule has 2 heterocycles. The zero-order chi connectivity index (χ0) is 23.2. The van der Waals surface area contributed by atoms with Crippen molar-refractivity contribution in [2.45, 2.75) is 19.9 Å². The summed E-state index contributed by atoms with van der Waals surface area (Å²) in [6.45, 7) is 3.66.